The Morgan fingerprint density at radius 1 is 0.963 bits per heavy atom. The molecule has 0 atom stereocenters. The van der Waals surface area contributed by atoms with E-state index < -0.39 is 0 Å². The van der Waals surface area contributed by atoms with Gasteiger partial charge in [-0.05, 0) is 56.2 Å². The molecule has 3 N–H and O–H groups in total. The Morgan fingerprint density at radius 3 is 2.33 bits per heavy atom. The van der Waals surface area contributed by atoms with E-state index in [1.54, 1.807) is 12.1 Å². The quantitative estimate of drug-likeness (QED) is 0.518. The van der Waals surface area contributed by atoms with Gasteiger partial charge in [-0.1, -0.05) is 28.1 Å². The number of carbonyl (C=O) groups is 2. The van der Waals surface area contributed by atoms with Crippen LogP contribution in [0.5, 0.6) is 0 Å². The lowest BCUT2D eigenvalue weighted by molar-refractivity contribution is 0.0952. The number of aromatic amines is 1. The van der Waals surface area contributed by atoms with Crippen molar-refractivity contribution in [1.29, 1.82) is 0 Å². The van der Waals surface area contributed by atoms with E-state index in [4.69, 9.17) is 0 Å². The lowest BCUT2D eigenvalue weighted by Crippen LogP contribution is -2.30. The fourth-order valence-corrected chi connectivity index (χ4v) is 3.23. The van der Waals surface area contributed by atoms with Gasteiger partial charge in [-0.15, -0.1) is 0 Å². The maximum Gasteiger partial charge on any atom is 0.253 e. The number of para-hydroxylation sites is 1. The summed E-state index contributed by atoms with van der Waals surface area (Å²) in [6.07, 6.45) is 0.659. The normalized spacial score (nSPS) is 10.8. The van der Waals surface area contributed by atoms with Crippen molar-refractivity contribution in [3.8, 4) is 0 Å². The predicted octanol–water partition coefficient (Wildman–Crippen LogP) is 4.10. The minimum absolute atomic E-state index is 0.110. The van der Waals surface area contributed by atoms with Crippen LogP contribution in [0.1, 0.15) is 38.4 Å². The van der Waals surface area contributed by atoms with Crippen LogP contribution in [0, 0.1) is 13.8 Å². The van der Waals surface area contributed by atoms with Gasteiger partial charge in [0.15, 0.2) is 0 Å². The van der Waals surface area contributed by atoms with Crippen molar-refractivity contribution in [3.05, 3.63) is 69.3 Å². The Kier molecular flexibility index (Phi) is 5.96. The molecule has 6 heteroatoms. The Labute approximate surface area is 166 Å². The molecule has 0 aliphatic heterocycles. The molecule has 5 nitrogen and oxygen atoms in total. The highest BCUT2D eigenvalue weighted by Gasteiger charge is 2.13. The van der Waals surface area contributed by atoms with Crippen LogP contribution < -0.4 is 10.6 Å². The molecular weight excluding hydrogens is 406 g/mol. The number of aryl methyl sites for hydroxylation is 2. The van der Waals surface area contributed by atoms with Crippen LogP contribution in [-0.4, -0.2) is 29.9 Å². The summed E-state index contributed by atoms with van der Waals surface area (Å²) in [5, 5.41) is 6.86. The van der Waals surface area contributed by atoms with Crippen molar-refractivity contribution >= 4 is 38.6 Å². The number of rotatable bonds is 6. The first-order valence-corrected chi connectivity index (χ1v) is 9.66. The van der Waals surface area contributed by atoms with Gasteiger partial charge in [0.1, 0.15) is 0 Å². The topological polar surface area (TPSA) is 74.0 Å². The lowest BCUT2D eigenvalue weighted by atomic mass is 10.1. The number of hydrogen-bond donors (Lipinski definition) is 3. The highest BCUT2D eigenvalue weighted by Crippen LogP contribution is 2.24. The molecule has 0 unspecified atom stereocenters. The smallest absolute Gasteiger partial charge is 0.253 e. The number of amides is 2. The number of benzene rings is 2. The van der Waals surface area contributed by atoms with Gasteiger partial charge in [0.25, 0.3) is 11.8 Å². The van der Waals surface area contributed by atoms with Crippen molar-refractivity contribution in [1.82, 2.24) is 15.6 Å². The fourth-order valence-electron chi connectivity index (χ4n) is 2.96. The Morgan fingerprint density at radius 2 is 1.63 bits per heavy atom. The van der Waals surface area contributed by atoms with E-state index in [1.807, 2.05) is 44.2 Å². The molecule has 0 aliphatic rings. The molecule has 0 bridgehead atoms. The second-order valence-corrected chi connectivity index (χ2v) is 7.39. The van der Waals surface area contributed by atoms with Crippen LogP contribution in [0.4, 0.5) is 0 Å². The second kappa shape index (κ2) is 8.39. The molecule has 0 saturated carbocycles. The average molecular weight is 428 g/mol. The maximum absolute atomic E-state index is 12.5. The lowest BCUT2D eigenvalue weighted by Gasteiger charge is -2.08. The molecular formula is C21H22BrN3O2. The predicted molar refractivity (Wildman–Crippen MR) is 111 cm³/mol. The molecule has 0 spiro atoms. The molecule has 2 amide bonds. The fraction of sp³-hybridized carbons (Fsp3) is 0.238. The first kappa shape index (κ1) is 19.2. The molecule has 2 aromatic carbocycles. The number of fused-ring (bicyclic) bond motifs is 1. The van der Waals surface area contributed by atoms with E-state index in [-0.39, 0.29) is 11.8 Å². The van der Waals surface area contributed by atoms with E-state index in [0.29, 0.717) is 30.6 Å². The number of aromatic nitrogens is 1. The van der Waals surface area contributed by atoms with E-state index in [2.05, 4.69) is 31.5 Å². The Hall–Kier alpha value is -2.60. The van der Waals surface area contributed by atoms with Gasteiger partial charge in [0, 0.05) is 34.2 Å². The zero-order valence-electron chi connectivity index (χ0n) is 15.4. The van der Waals surface area contributed by atoms with Gasteiger partial charge in [-0.25, -0.2) is 0 Å². The molecule has 27 heavy (non-hydrogen) atoms. The van der Waals surface area contributed by atoms with Crippen molar-refractivity contribution in [3.63, 3.8) is 0 Å². The third-order valence-electron chi connectivity index (χ3n) is 4.62. The monoisotopic (exact) mass is 427 g/mol. The molecule has 140 valence electrons. The largest absolute Gasteiger partial charge is 0.358 e. The number of nitrogens with one attached hydrogen (secondary N) is 3. The summed E-state index contributed by atoms with van der Waals surface area (Å²) in [7, 11) is 0. The van der Waals surface area contributed by atoms with E-state index in [1.165, 1.54) is 0 Å². The van der Waals surface area contributed by atoms with Gasteiger partial charge >= 0.3 is 0 Å². The molecule has 1 aromatic heterocycles. The van der Waals surface area contributed by atoms with Gasteiger partial charge in [0.05, 0.1) is 11.1 Å². The van der Waals surface area contributed by atoms with Crippen molar-refractivity contribution in [2.24, 2.45) is 0 Å². The Bertz CT molecular complexity index is 977. The highest BCUT2D eigenvalue weighted by atomic mass is 79.9. The summed E-state index contributed by atoms with van der Waals surface area (Å²) in [4.78, 5) is 27.8. The highest BCUT2D eigenvalue weighted by molar-refractivity contribution is 9.10. The summed E-state index contributed by atoms with van der Waals surface area (Å²) < 4.78 is 0.934. The molecule has 3 aromatic rings. The van der Waals surface area contributed by atoms with E-state index in [0.717, 1.165) is 26.6 Å². The average Bonchev–Trinajstić information content (AvgIpc) is 2.96. The minimum Gasteiger partial charge on any atom is -0.358 e. The Balaban J connectivity index is 1.50. The van der Waals surface area contributed by atoms with Crippen molar-refractivity contribution < 1.29 is 9.59 Å². The second-order valence-electron chi connectivity index (χ2n) is 6.48. The molecule has 0 saturated heterocycles. The SMILES string of the molecule is Cc1[nH]c2c(C(=O)NCCCNC(=O)c3ccc(Br)cc3)cccc2c1C. The van der Waals surface area contributed by atoms with Crippen LogP contribution in [0.2, 0.25) is 0 Å². The summed E-state index contributed by atoms with van der Waals surface area (Å²) in [6.45, 7) is 5.05. The molecule has 0 fully saturated rings. The standard InChI is InChI=1S/C21H22BrN3O2/c1-13-14(2)25-19-17(13)5-3-6-18(19)21(27)24-12-4-11-23-20(26)15-7-9-16(22)10-8-15/h3,5-10,25H,4,11-12H2,1-2H3,(H,23,26)(H,24,27). The molecule has 1 heterocycles. The van der Waals surface area contributed by atoms with E-state index in [9.17, 15) is 9.59 Å². The summed E-state index contributed by atoms with van der Waals surface area (Å²) in [5.74, 6) is -0.225. The van der Waals surface area contributed by atoms with Gasteiger partial charge < -0.3 is 15.6 Å². The van der Waals surface area contributed by atoms with Crippen LogP contribution in [-0.2, 0) is 0 Å². The third kappa shape index (κ3) is 4.39. The molecule has 0 radical (unpaired) electrons. The number of hydrogen-bond acceptors (Lipinski definition) is 2. The maximum atomic E-state index is 12.5. The summed E-state index contributed by atoms with van der Waals surface area (Å²) in [5.41, 5.74) is 4.36. The van der Waals surface area contributed by atoms with Crippen LogP contribution in [0.3, 0.4) is 0 Å². The molecule has 0 aliphatic carbocycles. The van der Waals surface area contributed by atoms with Gasteiger partial charge in [-0.2, -0.15) is 0 Å². The number of H-pyrrole nitrogens is 1. The van der Waals surface area contributed by atoms with Gasteiger partial charge in [0.2, 0.25) is 0 Å². The first-order valence-electron chi connectivity index (χ1n) is 8.87. The summed E-state index contributed by atoms with van der Waals surface area (Å²) >= 11 is 3.35. The zero-order valence-corrected chi connectivity index (χ0v) is 16.9. The van der Waals surface area contributed by atoms with Crippen molar-refractivity contribution in [2.45, 2.75) is 20.3 Å². The minimum atomic E-state index is -0.115. The zero-order chi connectivity index (χ0) is 19.4. The first-order chi connectivity index (χ1) is 13.0. The van der Waals surface area contributed by atoms with Gasteiger partial charge in [-0.3, -0.25) is 9.59 Å². The summed E-state index contributed by atoms with van der Waals surface area (Å²) in [6, 6.07) is 12.9. The number of halogens is 1. The van der Waals surface area contributed by atoms with Crippen molar-refractivity contribution in [2.75, 3.05) is 13.1 Å². The third-order valence-corrected chi connectivity index (χ3v) is 5.15. The van der Waals surface area contributed by atoms with Crippen LogP contribution in [0.25, 0.3) is 10.9 Å². The van der Waals surface area contributed by atoms with E-state index >= 15 is 0 Å². The van der Waals surface area contributed by atoms with Crippen LogP contribution >= 0.6 is 15.9 Å². The number of carbonyl (C=O) groups excluding carboxylic acids is 2. The van der Waals surface area contributed by atoms with Crippen LogP contribution in [0.15, 0.2) is 46.9 Å². The molecule has 3 rings (SSSR count).